The Morgan fingerprint density at radius 3 is 2.38 bits per heavy atom. The van der Waals surface area contributed by atoms with Gasteiger partial charge in [-0.05, 0) is 32.0 Å². The smallest absolute Gasteiger partial charge is 0.129 e. The quantitative estimate of drug-likeness (QED) is 0.817. The van der Waals surface area contributed by atoms with E-state index in [9.17, 15) is 4.39 Å². The second-order valence-corrected chi connectivity index (χ2v) is 5.93. The second-order valence-electron chi connectivity index (χ2n) is 5.02. The highest BCUT2D eigenvalue weighted by molar-refractivity contribution is 9.10. The highest BCUT2D eigenvalue weighted by Gasteiger charge is 2.16. The van der Waals surface area contributed by atoms with Gasteiger partial charge in [0.25, 0.3) is 0 Å². The average molecular weight is 352 g/mol. The topological polar surface area (TPSA) is 21.3 Å². The fourth-order valence-electron chi connectivity index (χ4n) is 2.43. The Labute approximate surface area is 133 Å². The van der Waals surface area contributed by atoms with Crippen LogP contribution in [-0.2, 0) is 0 Å². The summed E-state index contributed by atoms with van der Waals surface area (Å²) in [5, 5.41) is 3.41. The van der Waals surface area contributed by atoms with Crippen molar-refractivity contribution in [1.29, 1.82) is 0 Å². The number of nitrogens with one attached hydrogen (secondary N) is 1. The highest BCUT2D eigenvalue weighted by Crippen LogP contribution is 2.28. The van der Waals surface area contributed by atoms with Crippen LogP contribution in [0.2, 0.25) is 0 Å². The van der Waals surface area contributed by atoms with Crippen molar-refractivity contribution in [2.75, 3.05) is 7.11 Å². The molecule has 0 saturated carbocycles. The Kier molecular flexibility index (Phi) is 5.37. The molecule has 2 unspecified atom stereocenters. The molecule has 2 atom stereocenters. The molecule has 0 radical (unpaired) electrons. The van der Waals surface area contributed by atoms with E-state index < -0.39 is 0 Å². The van der Waals surface area contributed by atoms with Crippen LogP contribution in [0.15, 0.2) is 46.9 Å². The first-order valence-corrected chi connectivity index (χ1v) is 7.66. The van der Waals surface area contributed by atoms with Crippen molar-refractivity contribution in [2.24, 2.45) is 0 Å². The first kappa shape index (κ1) is 16.0. The predicted molar refractivity (Wildman–Crippen MR) is 87.1 cm³/mol. The zero-order valence-corrected chi connectivity index (χ0v) is 13.9. The Morgan fingerprint density at radius 2 is 1.71 bits per heavy atom. The molecule has 0 bridgehead atoms. The minimum absolute atomic E-state index is 0.0548. The molecular weight excluding hydrogens is 333 g/mol. The van der Waals surface area contributed by atoms with Gasteiger partial charge in [-0.3, -0.25) is 0 Å². The number of para-hydroxylation sites is 1. The molecule has 0 fully saturated rings. The van der Waals surface area contributed by atoms with E-state index >= 15 is 0 Å². The lowest BCUT2D eigenvalue weighted by molar-refractivity contribution is 0.395. The van der Waals surface area contributed by atoms with E-state index in [0.717, 1.165) is 15.8 Å². The normalized spacial score (nSPS) is 13.8. The van der Waals surface area contributed by atoms with Crippen molar-refractivity contribution in [2.45, 2.75) is 25.9 Å². The standard InChI is InChI=1S/C17H19BrFNO/c1-11(14-9-8-13(18)10-16(14)19)20-12(2)15-6-4-5-7-17(15)21-3/h4-12,20H,1-3H3. The average Bonchev–Trinajstić information content (AvgIpc) is 2.46. The molecule has 0 aliphatic rings. The van der Waals surface area contributed by atoms with E-state index in [4.69, 9.17) is 4.74 Å². The van der Waals surface area contributed by atoms with E-state index in [1.165, 1.54) is 6.07 Å². The fourth-order valence-corrected chi connectivity index (χ4v) is 2.76. The maximum absolute atomic E-state index is 14.0. The number of benzene rings is 2. The van der Waals surface area contributed by atoms with Gasteiger partial charge in [0, 0.05) is 27.7 Å². The van der Waals surface area contributed by atoms with E-state index in [0.29, 0.717) is 5.56 Å². The SMILES string of the molecule is COc1ccccc1C(C)NC(C)c1ccc(Br)cc1F. The van der Waals surface area contributed by atoms with Crippen LogP contribution in [0.1, 0.15) is 37.1 Å². The van der Waals surface area contributed by atoms with Crippen LogP contribution in [0.3, 0.4) is 0 Å². The second kappa shape index (κ2) is 7.05. The number of methoxy groups -OCH3 is 1. The predicted octanol–water partition coefficient (Wildman–Crippen LogP) is 5.01. The number of rotatable bonds is 5. The number of halogens is 2. The van der Waals surface area contributed by atoms with E-state index in [2.05, 4.69) is 21.2 Å². The molecule has 0 aliphatic carbocycles. The minimum Gasteiger partial charge on any atom is -0.496 e. The van der Waals surface area contributed by atoms with Crippen LogP contribution < -0.4 is 10.1 Å². The van der Waals surface area contributed by atoms with Gasteiger partial charge in [-0.25, -0.2) is 4.39 Å². The number of hydrogen-bond donors (Lipinski definition) is 1. The van der Waals surface area contributed by atoms with Gasteiger partial charge in [0.05, 0.1) is 7.11 Å². The Balaban J connectivity index is 2.16. The molecule has 112 valence electrons. The van der Waals surface area contributed by atoms with Gasteiger partial charge in [0.2, 0.25) is 0 Å². The zero-order chi connectivity index (χ0) is 15.4. The first-order chi connectivity index (χ1) is 10.0. The maximum Gasteiger partial charge on any atom is 0.129 e. The van der Waals surface area contributed by atoms with Crippen LogP contribution in [-0.4, -0.2) is 7.11 Å². The Hall–Kier alpha value is -1.39. The van der Waals surface area contributed by atoms with Gasteiger partial charge in [-0.1, -0.05) is 40.2 Å². The summed E-state index contributed by atoms with van der Waals surface area (Å²) in [6.07, 6.45) is 0. The minimum atomic E-state index is -0.211. The van der Waals surface area contributed by atoms with E-state index in [1.54, 1.807) is 13.2 Å². The molecule has 0 heterocycles. The van der Waals surface area contributed by atoms with Gasteiger partial charge in [-0.15, -0.1) is 0 Å². The first-order valence-electron chi connectivity index (χ1n) is 6.87. The molecule has 2 aromatic carbocycles. The van der Waals surface area contributed by atoms with Gasteiger partial charge < -0.3 is 10.1 Å². The summed E-state index contributed by atoms with van der Waals surface area (Å²) < 4.78 is 20.1. The highest BCUT2D eigenvalue weighted by atomic mass is 79.9. The molecule has 0 spiro atoms. The zero-order valence-electron chi connectivity index (χ0n) is 12.4. The summed E-state index contributed by atoms with van der Waals surface area (Å²) >= 11 is 3.27. The summed E-state index contributed by atoms with van der Waals surface area (Å²) in [5.74, 6) is 0.623. The third-order valence-electron chi connectivity index (χ3n) is 3.53. The van der Waals surface area contributed by atoms with Crippen molar-refractivity contribution >= 4 is 15.9 Å². The molecule has 0 aromatic heterocycles. The largest absolute Gasteiger partial charge is 0.496 e. The monoisotopic (exact) mass is 351 g/mol. The van der Waals surface area contributed by atoms with Crippen LogP contribution >= 0.6 is 15.9 Å². The molecule has 0 aliphatic heterocycles. The molecule has 21 heavy (non-hydrogen) atoms. The maximum atomic E-state index is 14.0. The summed E-state index contributed by atoms with van der Waals surface area (Å²) in [5.41, 5.74) is 1.71. The van der Waals surface area contributed by atoms with Crippen LogP contribution in [0.5, 0.6) is 5.75 Å². The summed E-state index contributed by atoms with van der Waals surface area (Å²) in [6, 6.07) is 12.9. The molecular formula is C17H19BrFNO. The van der Waals surface area contributed by atoms with Gasteiger partial charge in [0.15, 0.2) is 0 Å². The van der Waals surface area contributed by atoms with Crippen molar-refractivity contribution in [1.82, 2.24) is 5.32 Å². The van der Waals surface area contributed by atoms with Crippen LogP contribution in [0.25, 0.3) is 0 Å². The van der Waals surface area contributed by atoms with Gasteiger partial charge >= 0.3 is 0 Å². The Morgan fingerprint density at radius 1 is 1.05 bits per heavy atom. The van der Waals surface area contributed by atoms with Gasteiger partial charge in [0.1, 0.15) is 11.6 Å². The van der Waals surface area contributed by atoms with Crippen molar-refractivity contribution in [3.8, 4) is 5.75 Å². The van der Waals surface area contributed by atoms with E-state index in [1.807, 2.05) is 44.2 Å². The lowest BCUT2D eigenvalue weighted by atomic mass is 10.0. The molecule has 4 heteroatoms. The lowest BCUT2D eigenvalue weighted by Crippen LogP contribution is -2.23. The number of hydrogen-bond acceptors (Lipinski definition) is 2. The van der Waals surface area contributed by atoms with Crippen LogP contribution in [0.4, 0.5) is 4.39 Å². The van der Waals surface area contributed by atoms with Crippen molar-refractivity contribution in [3.05, 3.63) is 63.9 Å². The van der Waals surface area contributed by atoms with Gasteiger partial charge in [-0.2, -0.15) is 0 Å². The molecule has 2 rings (SSSR count). The molecule has 1 N–H and O–H groups in total. The molecule has 2 aromatic rings. The molecule has 0 amide bonds. The van der Waals surface area contributed by atoms with E-state index in [-0.39, 0.29) is 17.9 Å². The molecule has 2 nitrogen and oxygen atoms in total. The number of ether oxygens (including phenoxy) is 1. The lowest BCUT2D eigenvalue weighted by Gasteiger charge is -2.22. The van der Waals surface area contributed by atoms with Crippen molar-refractivity contribution in [3.63, 3.8) is 0 Å². The molecule has 0 saturated heterocycles. The summed E-state index contributed by atoms with van der Waals surface area (Å²) in [6.45, 7) is 4.00. The summed E-state index contributed by atoms with van der Waals surface area (Å²) in [4.78, 5) is 0. The summed E-state index contributed by atoms with van der Waals surface area (Å²) in [7, 11) is 1.66. The van der Waals surface area contributed by atoms with Crippen molar-refractivity contribution < 1.29 is 9.13 Å². The third kappa shape index (κ3) is 3.83. The van der Waals surface area contributed by atoms with Crippen LogP contribution in [0, 0.1) is 5.82 Å². The Bertz CT molecular complexity index is 617. The third-order valence-corrected chi connectivity index (χ3v) is 4.03. The fraction of sp³-hybridized carbons (Fsp3) is 0.294.